The van der Waals surface area contributed by atoms with Gasteiger partial charge >= 0.3 is 0 Å². The third kappa shape index (κ3) is 2.91. The molecule has 1 saturated carbocycles. The second-order valence-corrected chi connectivity index (χ2v) is 7.11. The predicted molar refractivity (Wildman–Crippen MR) is 90.4 cm³/mol. The van der Waals surface area contributed by atoms with Gasteiger partial charge in [-0.15, -0.1) is 0 Å². The zero-order valence-corrected chi connectivity index (χ0v) is 13.5. The number of amidine groups is 2. The summed E-state index contributed by atoms with van der Waals surface area (Å²) in [6.07, 6.45) is 10.6. The first-order valence-corrected chi connectivity index (χ1v) is 8.94. The Bertz CT molecular complexity index is 469. The number of hydrogen-bond donors (Lipinski definition) is 2. The van der Waals surface area contributed by atoms with E-state index in [1.807, 2.05) is 0 Å². The molecule has 0 saturated heterocycles. The van der Waals surface area contributed by atoms with Gasteiger partial charge in [0.15, 0.2) is 5.17 Å². The van der Waals surface area contributed by atoms with Crippen LogP contribution in [0.25, 0.3) is 0 Å². The molecule has 21 heavy (non-hydrogen) atoms. The molecule has 0 aromatic heterocycles. The molecule has 1 unspecified atom stereocenters. The fraction of sp³-hybridized carbons (Fsp3) is 0.733. The highest BCUT2D eigenvalue weighted by molar-refractivity contribution is 8.14. The molecule has 3 rings (SSSR count). The first kappa shape index (κ1) is 14.8. The van der Waals surface area contributed by atoms with Gasteiger partial charge < -0.3 is 11.1 Å². The SMILES string of the molecule is CCC1(C/C=C\N)CC(NC2=NCCS2)=NN1C1CCC1. The van der Waals surface area contributed by atoms with Crippen molar-refractivity contribution in [1.29, 1.82) is 0 Å². The van der Waals surface area contributed by atoms with Crippen LogP contribution in [-0.4, -0.2) is 39.9 Å². The summed E-state index contributed by atoms with van der Waals surface area (Å²) in [4.78, 5) is 4.47. The summed E-state index contributed by atoms with van der Waals surface area (Å²) in [6.45, 7) is 3.18. The largest absolute Gasteiger partial charge is 0.405 e. The van der Waals surface area contributed by atoms with E-state index in [1.54, 1.807) is 18.0 Å². The van der Waals surface area contributed by atoms with Gasteiger partial charge in [0.1, 0.15) is 5.84 Å². The summed E-state index contributed by atoms with van der Waals surface area (Å²) >= 11 is 1.79. The van der Waals surface area contributed by atoms with Crippen LogP contribution >= 0.6 is 11.8 Å². The van der Waals surface area contributed by atoms with Crippen LogP contribution < -0.4 is 11.1 Å². The zero-order valence-electron chi connectivity index (χ0n) is 12.7. The van der Waals surface area contributed by atoms with Crippen LogP contribution in [0.15, 0.2) is 22.4 Å². The van der Waals surface area contributed by atoms with Crippen LogP contribution in [0.1, 0.15) is 45.4 Å². The summed E-state index contributed by atoms with van der Waals surface area (Å²) in [5, 5.41) is 11.8. The summed E-state index contributed by atoms with van der Waals surface area (Å²) in [5.74, 6) is 2.15. The number of thioether (sulfide) groups is 1. The predicted octanol–water partition coefficient (Wildman–Crippen LogP) is 2.26. The molecule has 1 atom stereocenters. The molecule has 2 heterocycles. The second-order valence-electron chi connectivity index (χ2n) is 6.02. The number of nitrogens with two attached hydrogens (primary N) is 1. The average molecular weight is 307 g/mol. The van der Waals surface area contributed by atoms with Crippen LogP contribution in [0.2, 0.25) is 0 Å². The molecule has 3 N–H and O–H groups in total. The van der Waals surface area contributed by atoms with E-state index >= 15 is 0 Å². The Labute approximate surface area is 131 Å². The quantitative estimate of drug-likeness (QED) is 0.836. The normalized spacial score (nSPS) is 29.7. The van der Waals surface area contributed by atoms with Crippen LogP contribution in [0.3, 0.4) is 0 Å². The van der Waals surface area contributed by atoms with Crippen molar-refractivity contribution in [1.82, 2.24) is 10.3 Å². The maximum Gasteiger partial charge on any atom is 0.162 e. The number of nitrogens with zero attached hydrogens (tertiary/aromatic N) is 3. The third-order valence-corrected chi connectivity index (χ3v) is 5.65. The minimum Gasteiger partial charge on any atom is -0.405 e. The summed E-state index contributed by atoms with van der Waals surface area (Å²) in [5.41, 5.74) is 5.67. The highest BCUT2D eigenvalue weighted by atomic mass is 32.2. The van der Waals surface area contributed by atoms with Crippen molar-refractivity contribution in [2.45, 2.75) is 57.0 Å². The van der Waals surface area contributed by atoms with Crippen LogP contribution in [0.5, 0.6) is 0 Å². The van der Waals surface area contributed by atoms with Gasteiger partial charge in [0.2, 0.25) is 0 Å². The molecule has 2 aliphatic heterocycles. The van der Waals surface area contributed by atoms with E-state index in [0.717, 1.165) is 42.6 Å². The van der Waals surface area contributed by atoms with Crippen LogP contribution in [-0.2, 0) is 0 Å². The lowest BCUT2D eigenvalue weighted by molar-refractivity contribution is 0.0265. The molecule has 0 aromatic carbocycles. The van der Waals surface area contributed by atoms with Gasteiger partial charge in [-0.3, -0.25) is 10.0 Å². The third-order valence-electron chi connectivity index (χ3n) is 4.76. The fourth-order valence-electron chi connectivity index (χ4n) is 3.25. The molecule has 5 nitrogen and oxygen atoms in total. The number of rotatable bonds is 4. The Kier molecular flexibility index (Phi) is 4.42. The molecular weight excluding hydrogens is 282 g/mol. The van der Waals surface area contributed by atoms with E-state index in [4.69, 9.17) is 10.8 Å². The van der Waals surface area contributed by atoms with Gasteiger partial charge in [-0.2, -0.15) is 5.10 Å². The van der Waals surface area contributed by atoms with E-state index in [0.29, 0.717) is 6.04 Å². The molecule has 6 heteroatoms. The van der Waals surface area contributed by atoms with Gasteiger partial charge in [-0.05, 0) is 38.3 Å². The Hall–Kier alpha value is -1.17. The van der Waals surface area contributed by atoms with Gasteiger partial charge in [0.25, 0.3) is 0 Å². The van der Waals surface area contributed by atoms with Crippen molar-refractivity contribution in [2.24, 2.45) is 15.8 Å². The molecule has 0 amide bonds. The highest BCUT2D eigenvalue weighted by Crippen LogP contribution is 2.40. The Morgan fingerprint density at radius 3 is 2.95 bits per heavy atom. The molecule has 0 bridgehead atoms. The lowest BCUT2D eigenvalue weighted by atomic mass is 9.83. The Morgan fingerprint density at radius 1 is 1.52 bits per heavy atom. The van der Waals surface area contributed by atoms with Crippen LogP contribution in [0, 0.1) is 0 Å². The van der Waals surface area contributed by atoms with Crippen molar-refractivity contribution in [3.8, 4) is 0 Å². The summed E-state index contributed by atoms with van der Waals surface area (Å²) in [7, 11) is 0. The Morgan fingerprint density at radius 2 is 2.38 bits per heavy atom. The number of aliphatic imine (C=N–C) groups is 1. The van der Waals surface area contributed by atoms with E-state index in [-0.39, 0.29) is 5.54 Å². The second kappa shape index (κ2) is 6.30. The zero-order chi connectivity index (χ0) is 14.7. The first-order valence-electron chi connectivity index (χ1n) is 7.95. The minimum absolute atomic E-state index is 0.0904. The van der Waals surface area contributed by atoms with Gasteiger partial charge in [-0.1, -0.05) is 24.8 Å². The fourth-order valence-corrected chi connectivity index (χ4v) is 4.00. The minimum atomic E-state index is 0.0904. The summed E-state index contributed by atoms with van der Waals surface area (Å²) < 4.78 is 0. The molecule has 0 radical (unpaired) electrons. The average Bonchev–Trinajstić information content (AvgIpc) is 3.04. The van der Waals surface area contributed by atoms with Gasteiger partial charge in [-0.25, -0.2) is 0 Å². The molecule has 0 aromatic rings. The number of hydrogen-bond acceptors (Lipinski definition) is 6. The van der Waals surface area contributed by atoms with Crippen molar-refractivity contribution >= 4 is 22.8 Å². The molecule has 1 aliphatic carbocycles. The number of hydrazone groups is 1. The maximum atomic E-state index is 5.58. The van der Waals surface area contributed by atoms with Crippen molar-refractivity contribution in [2.75, 3.05) is 12.3 Å². The molecule has 1 fully saturated rings. The van der Waals surface area contributed by atoms with Crippen LogP contribution in [0.4, 0.5) is 0 Å². The lowest BCUT2D eigenvalue weighted by Crippen LogP contribution is -2.50. The van der Waals surface area contributed by atoms with Crippen molar-refractivity contribution < 1.29 is 0 Å². The topological polar surface area (TPSA) is 66.0 Å². The molecule has 0 spiro atoms. The van der Waals surface area contributed by atoms with Gasteiger partial charge in [0.05, 0.1) is 12.1 Å². The monoisotopic (exact) mass is 307 g/mol. The van der Waals surface area contributed by atoms with E-state index < -0.39 is 0 Å². The van der Waals surface area contributed by atoms with Crippen molar-refractivity contribution in [3.63, 3.8) is 0 Å². The first-order chi connectivity index (χ1) is 10.3. The Balaban J connectivity index is 1.76. The van der Waals surface area contributed by atoms with E-state index in [1.165, 1.54) is 19.3 Å². The highest BCUT2D eigenvalue weighted by Gasteiger charge is 2.45. The van der Waals surface area contributed by atoms with E-state index in [9.17, 15) is 0 Å². The number of nitrogens with one attached hydrogen (secondary N) is 1. The van der Waals surface area contributed by atoms with E-state index in [2.05, 4.69) is 28.3 Å². The maximum absolute atomic E-state index is 5.58. The lowest BCUT2D eigenvalue weighted by Gasteiger charge is -2.45. The molecule has 3 aliphatic rings. The summed E-state index contributed by atoms with van der Waals surface area (Å²) in [6, 6.07) is 0.605. The smallest absolute Gasteiger partial charge is 0.162 e. The molecular formula is C15H25N5S. The van der Waals surface area contributed by atoms with Gasteiger partial charge in [0, 0.05) is 18.2 Å². The van der Waals surface area contributed by atoms with Crippen molar-refractivity contribution in [3.05, 3.63) is 12.3 Å². The standard InChI is InChI=1S/C15H25N5S/c1-2-15(7-4-8-16)11-13(18-14-17-9-10-21-14)19-20(15)12-5-3-6-12/h4,8,12H,2-3,5-7,9-11,16H2,1H3,(H,17,18,19)/b8-4-. The molecule has 116 valence electrons.